The first kappa shape index (κ1) is 19.3. The van der Waals surface area contributed by atoms with Gasteiger partial charge in [-0.3, -0.25) is 0 Å². The van der Waals surface area contributed by atoms with E-state index in [1.54, 1.807) is 7.11 Å². The average molecular weight is 340 g/mol. The third kappa shape index (κ3) is 6.08. The molecule has 0 aliphatic rings. The average Bonchev–Trinajstić information content (AvgIpc) is 2.54. The molecule has 0 spiro atoms. The van der Waals surface area contributed by atoms with Crippen LogP contribution in [0.4, 0.5) is 4.39 Å². The molecule has 2 aromatic rings. The number of hydrogen-bond donors (Lipinski definition) is 1. The van der Waals surface area contributed by atoms with E-state index in [1.807, 2.05) is 37.3 Å². The lowest BCUT2D eigenvalue weighted by atomic mass is 10.1. The molecule has 3 nitrogen and oxygen atoms in total. The van der Waals surface area contributed by atoms with E-state index in [1.165, 1.54) is 12.1 Å². The van der Waals surface area contributed by atoms with Gasteiger partial charge in [-0.05, 0) is 55.3 Å². The molecule has 0 aliphatic heterocycles. The zero-order valence-corrected chi connectivity index (χ0v) is 14.3. The van der Waals surface area contributed by atoms with Gasteiger partial charge in [0.2, 0.25) is 0 Å². The Balaban J connectivity index is 0.00000264. The molecule has 0 atom stereocenters. The Morgan fingerprint density at radius 1 is 1.00 bits per heavy atom. The van der Waals surface area contributed by atoms with Crippen LogP contribution in [0.1, 0.15) is 18.1 Å². The lowest BCUT2D eigenvalue weighted by molar-refractivity contribution is 0.310. The third-order valence-corrected chi connectivity index (χ3v) is 3.36. The van der Waals surface area contributed by atoms with Gasteiger partial charge in [-0.15, -0.1) is 12.4 Å². The number of halogens is 2. The maximum atomic E-state index is 12.8. The van der Waals surface area contributed by atoms with Crippen LogP contribution in [-0.2, 0) is 13.0 Å². The van der Waals surface area contributed by atoms with Crippen LogP contribution in [-0.4, -0.2) is 20.3 Å². The molecular weight excluding hydrogens is 317 g/mol. The Morgan fingerprint density at radius 2 is 1.70 bits per heavy atom. The number of hydrogen-bond acceptors (Lipinski definition) is 3. The topological polar surface area (TPSA) is 30.5 Å². The summed E-state index contributed by atoms with van der Waals surface area (Å²) in [5, 5.41) is 3.38. The number of rotatable bonds is 8. The summed E-state index contributed by atoms with van der Waals surface area (Å²) >= 11 is 0. The molecule has 0 fully saturated rings. The highest BCUT2D eigenvalue weighted by atomic mass is 35.5. The van der Waals surface area contributed by atoms with Crippen molar-refractivity contribution < 1.29 is 13.9 Å². The van der Waals surface area contributed by atoms with Crippen molar-refractivity contribution in [3.05, 3.63) is 59.4 Å². The van der Waals surface area contributed by atoms with Gasteiger partial charge in [0.1, 0.15) is 5.82 Å². The molecule has 23 heavy (non-hydrogen) atoms. The highest BCUT2D eigenvalue weighted by molar-refractivity contribution is 5.85. The minimum atomic E-state index is -0.196. The van der Waals surface area contributed by atoms with Gasteiger partial charge >= 0.3 is 0 Å². The van der Waals surface area contributed by atoms with Crippen LogP contribution in [0.2, 0.25) is 0 Å². The predicted molar refractivity (Wildman–Crippen MR) is 93.2 cm³/mol. The molecular formula is C18H23ClFNO2. The van der Waals surface area contributed by atoms with E-state index < -0.39 is 0 Å². The quantitative estimate of drug-likeness (QED) is 0.738. The molecule has 2 aromatic carbocycles. The van der Waals surface area contributed by atoms with Crippen molar-refractivity contribution in [3.63, 3.8) is 0 Å². The fraction of sp³-hybridized carbons (Fsp3) is 0.333. The minimum absolute atomic E-state index is 0. The van der Waals surface area contributed by atoms with E-state index in [0.29, 0.717) is 6.61 Å². The monoisotopic (exact) mass is 339 g/mol. The molecule has 0 amide bonds. The molecule has 0 saturated carbocycles. The van der Waals surface area contributed by atoms with Gasteiger partial charge in [0.25, 0.3) is 0 Å². The summed E-state index contributed by atoms with van der Waals surface area (Å²) in [7, 11) is 1.64. The summed E-state index contributed by atoms with van der Waals surface area (Å²) in [6.07, 6.45) is 0.869. The van der Waals surface area contributed by atoms with Crippen LogP contribution in [0.3, 0.4) is 0 Å². The van der Waals surface area contributed by atoms with Crippen LogP contribution in [0, 0.1) is 5.82 Å². The van der Waals surface area contributed by atoms with Crippen molar-refractivity contribution >= 4 is 12.4 Å². The molecule has 0 radical (unpaired) electrons. The fourth-order valence-corrected chi connectivity index (χ4v) is 2.21. The predicted octanol–water partition coefficient (Wildman–Crippen LogP) is 3.99. The highest BCUT2D eigenvalue weighted by Crippen LogP contribution is 2.27. The zero-order valence-electron chi connectivity index (χ0n) is 13.5. The van der Waals surface area contributed by atoms with Crippen molar-refractivity contribution in [2.24, 2.45) is 0 Å². The number of ether oxygens (including phenoxy) is 2. The van der Waals surface area contributed by atoms with Crippen molar-refractivity contribution in [2.75, 3.05) is 20.3 Å². The van der Waals surface area contributed by atoms with Crippen molar-refractivity contribution in [1.29, 1.82) is 0 Å². The largest absolute Gasteiger partial charge is 0.493 e. The Morgan fingerprint density at radius 3 is 2.35 bits per heavy atom. The summed E-state index contributed by atoms with van der Waals surface area (Å²) in [4.78, 5) is 0. The van der Waals surface area contributed by atoms with Crippen molar-refractivity contribution in [3.8, 4) is 11.5 Å². The summed E-state index contributed by atoms with van der Waals surface area (Å²) in [6, 6.07) is 12.6. The van der Waals surface area contributed by atoms with Crippen LogP contribution < -0.4 is 14.8 Å². The van der Waals surface area contributed by atoms with Crippen LogP contribution >= 0.6 is 12.4 Å². The van der Waals surface area contributed by atoms with E-state index in [2.05, 4.69) is 5.32 Å². The summed E-state index contributed by atoms with van der Waals surface area (Å²) in [5.41, 5.74) is 2.26. The van der Waals surface area contributed by atoms with E-state index in [4.69, 9.17) is 9.47 Å². The number of benzene rings is 2. The van der Waals surface area contributed by atoms with E-state index in [9.17, 15) is 4.39 Å². The van der Waals surface area contributed by atoms with E-state index >= 15 is 0 Å². The van der Waals surface area contributed by atoms with E-state index in [-0.39, 0.29) is 18.2 Å². The Hall–Kier alpha value is -1.78. The first-order chi connectivity index (χ1) is 10.7. The lowest BCUT2D eigenvalue weighted by Gasteiger charge is -2.11. The lowest BCUT2D eigenvalue weighted by Crippen LogP contribution is -2.16. The van der Waals surface area contributed by atoms with Crippen LogP contribution in [0.25, 0.3) is 0 Å². The molecule has 5 heteroatoms. The first-order valence-corrected chi connectivity index (χ1v) is 7.47. The molecule has 0 unspecified atom stereocenters. The zero-order chi connectivity index (χ0) is 15.8. The number of methoxy groups -OCH3 is 1. The fourth-order valence-electron chi connectivity index (χ4n) is 2.21. The summed E-state index contributed by atoms with van der Waals surface area (Å²) in [6.45, 7) is 4.15. The highest BCUT2D eigenvalue weighted by Gasteiger charge is 2.05. The Labute approximate surface area is 143 Å². The second kappa shape index (κ2) is 10.1. The van der Waals surface area contributed by atoms with Gasteiger partial charge in [-0.1, -0.05) is 18.2 Å². The van der Waals surface area contributed by atoms with Gasteiger partial charge in [-0.2, -0.15) is 0 Å². The standard InChI is InChI=1S/C18H22FNO2.ClH/c1-3-22-17-9-6-15(12-18(17)21-2)13-20-11-10-14-4-7-16(19)8-5-14;/h4-9,12,20H,3,10-11,13H2,1-2H3;1H. The van der Waals surface area contributed by atoms with Gasteiger partial charge in [0.05, 0.1) is 13.7 Å². The smallest absolute Gasteiger partial charge is 0.161 e. The molecule has 0 bridgehead atoms. The molecule has 0 aliphatic carbocycles. The van der Waals surface area contributed by atoms with E-state index in [0.717, 1.165) is 42.1 Å². The molecule has 0 heterocycles. The number of nitrogens with one attached hydrogen (secondary N) is 1. The summed E-state index contributed by atoms with van der Waals surface area (Å²) in [5.74, 6) is 1.32. The molecule has 0 aromatic heterocycles. The SMILES string of the molecule is CCOc1ccc(CNCCc2ccc(F)cc2)cc1OC.Cl. The second-order valence-corrected chi connectivity index (χ2v) is 4.97. The van der Waals surface area contributed by atoms with Gasteiger partial charge in [0, 0.05) is 6.54 Å². The second-order valence-electron chi connectivity index (χ2n) is 4.97. The first-order valence-electron chi connectivity index (χ1n) is 7.47. The van der Waals surface area contributed by atoms with Crippen molar-refractivity contribution in [1.82, 2.24) is 5.32 Å². The summed E-state index contributed by atoms with van der Waals surface area (Å²) < 4.78 is 23.7. The maximum absolute atomic E-state index is 12.8. The molecule has 1 N–H and O–H groups in total. The molecule has 2 rings (SSSR count). The Kier molecular flexibility index (Phi) is 8.45. The molecule has 0 saturated heterocycles. The minimum Gasteiger partial charge on any atom is -0.493 e. The maximum Gasteiger partial charge on any atom is 0.161 e. The van der Waals surface area contributed by atoms with Gasteiger partial charge in [-0.25, -0.2) is 4.39 Å². The third-order valence-electron chi connectivity index (χ3n) is 3.36. The van der Waals surface area contributed by atoms with Crippen LogP contribution in [0.15, 0.2) is 42.5 Å². The Bertz CT molecular complexity index is 590. The normalized spacial score (nSPS) is 10.0. The molecule has 126 valence electrons. The van der Waals surface area contributed by atoms with Crippen LogP contribution in [0.5, 0.6) is 11.5 Å². The van der Waals surface area contributed by atoms with Crippen molar-refractivity contribution in [2.45, 2.75) is 19.9 Å². The van der Waals surface area contributed by atoms with Gasteiger partial charge in [0.15, 0.2) is 11.5 Å². The van der Waals surface area contributed by atoms with Gasteiger partial charge < -0.3 is 14.8 Å².